The van der Waals surface area contributed by atoms with Gasteiger partial charge in [-0.25, -0.2) is 9.37 Å². The zero-order valence-electron chi connectivity index (χ0n) is 14.0. The molecule has 0 saturated heterocycles. The normalized spacial score (nSPS) is 15.3. The number of halogens is 2. The largest absolute Gasteiger partial charge is 0.367 e. The molecule has 6 heteroatoms. The van der Waals surface area contributed by atoms with Gasteiger partial charge in [0.2, 0.25) is 0 Å². The van der Waals surface area contributed by atoms with Gasteiger partial charge in [-0.3, -0.25) is 4.40 Å². The maximum atomic E-state index is 13.5. The topological polar surface area (TPSA) is 29.3 Å². The zero-order valence-corrected chi connectivity index (χ0v) is 15.6. The number of hydrogen-bond acceptors (Lipinski definition) is 3. The lowest BCUT2D eigenvalue weighted by molar-refractivity contribution is 0.628. The molecule has 1 N–H and O–H groups in total. The maximum absolute atomic E-state index is 13.5. The van der Waals surface area contributed by atoms with Crippen molar-refractivity contribution in [1.29, 1.82) is 0 Å². The van der Waals surface area contributed by atoms with Gasteiger partial charge in [0.15, 0.2) is 4.96 Å². The molecular weight excluding hydrogens is 369 g/mol. The number of fused-ring (bicyclic) bond motifs is 3. The minimum atomic E-state index is -0.337. The molecule has 0 atom stereocenters. The van der Waals surface area contributed by atoms with Crippen molar-refractivity contribution in [2.24, 2.45) is 0 Å². The second-order valence-corrected chi connectivity index (χ2v) is 8.16. The highest BCUT2D eigenvalue weighted by Crippen LogP contribution is 2.39. The van der Waals surface area contributed by atoms with E-state index in [1.54, 1.807) is 17.4 Å². The molecule has 26 heavy (non-hydrogen) atoms. The molecule has 1 saturated carbocycles. The Labute approximate surface area is 159 Å². The Bertz CT molecular complexity index is 1110. The molecular formula is C20H17ClFN3S. The third-order valence-corrected chi connectivity index (χ3v) is 6.37. The Balaban J connectivity index is 1.76. The van der Waals surface area contributed by atoms with Crippen LogP contribution in [-0.2, 0) is 0 Å². The zero-order chi connectivity index (χ0) is 17.7. The molecule has 2 aromatic heterocycles. The first-order chi connectivity index (χ1) is 12.7. The Morgan fingerprint density at radius 3 is 2.77 bits per heavy atom. The van der Waals surface area contributed by atoms with Gasteiger partial charge >= 0.3 is 0 Å². The molecule has 0 amide bonds. The van der Waals surface area contributed by atoms with Gasteiger partial charge in [0.05, 0.1) is 15.2 Å². The van der Waals surface area contributed by atoms with Crippen LogP contribution in [0.4, 0.5) is 10.2 Å². The summed E-state index contributed by atoms with van der Waals surface area (Å²) >= 11 is 8.00. The van der Waals surface area contributed by atoms with Crippen LogP contribution in [-0.4, -0.2) is 15.4 Å². The SMILES string of the molecule is Fc1ccc(-c2nc3sc4ccccc4n3c2NC2CCCC2)c(Cl)c1. The van der Waals surface area contributed by atoms with E-state index in [0.29, 0.717) is 11.1 Å². The number of imidazole rings is 1. The van der Waals surface area contributed by atoms with Crippen molar-refractivity contribution in [3.63, 3.8) is 0 Å². The van der Waals surface area contributed by atoms with Crippen molar-refractivity contribution in [1.82, 2.24) is 9.38 Å². The highest BCUT2D eigenvalue weighted by molar-refractivity contribution is 7.23. The molecule has 1 aliphatic rings. The van der Waals surface area contributed by atoms with Gasteiger partial charge < -0.3 is 5.32 Å². The predicted octanol–water partition coefficient (Wildman–Crippen LogP) is 6.36. The molecule has 1 aliphatic carbocycles. The van der Waals surface area contributed by atoms with E-state index in [9.17, 15) is 4.39 Å². The number of hydrogen-bond donors (Lipinski definition) is 1. The summed E-state index contributed by atoms with van der Waals surface area (Å²) in [4.78, 5) is 5.78. The van der Waals surface area contributed by atoms with E-state index in [4.69, 9.17) is 16.6 Å². The van der Waals surface area contributed by atoms with Crippen LogP contribution in [0.2, 0.25) is 5.02 Å². The number of anilines is 1. The number of nitrogens with one attached hydrogen (secondary N) is 1. The van der Waals surface area contributed by atoms with Crippen LogP contribution in [0.3, 0.4) is 0 Å². The molecule has 3 nitrogen and oxygen atoms in total. The fourth-order valence-corrected chi connectivity index (χ4v) is 5.07. The van der Waals surface area contributed by atoms with Crippen LogP contribution in [0.25, 0.3) is 26.4 Å². The average molecular weight is 386 g/mol. The number of aromatic nitrogens is 2. The number of para-hydroxylation sites is 1. The third kappa shape index (κ3) is 2.58. The van der Waals surface area contributed by atoms with Crippen molar-refractivity contribution >= 4 is 43.9 Å². The Morgan fingerprint density at radius 2 is 1.96 bits per heavy atom. The Kier molecular flexibility index (Phi) is 3.87. The predicted molar refractivity (Wildman–Crippen MR) is 107 cm³/mol. The van der Waals surface area contributed by atoms with Gasteiger partial charge in [-0.05, 0) is 43.2 Å². The molecule has 0 spiro atoms. The number of nitrogens with zero attached hydrogens (tertiary/aromatic N) is 2. The number of rotatable bonds is 3. The minimum Gasteiger partial charge on any atom is -0.367 e. The first-order valence-electron chi connectivity index (χ1n) is 8.82. The van der Waals surface area contributed by atoms with Gasteiger partial charge in [-0.15, -0.1) is 0 Å². The molecule has 2 aromatic carbocycles. The fraction of sp³-hybridized carbons (Fsp3) is 0.250. The van der Waals surface area contributed by atoms with E-state index >= 15 is 0 Å². The molecule has 0 radical (unpaired) electrons. The van der Waals surface area contributed by atoms with Crippen molar-refractivity contribution in [3.05, 3.63) is 53.3 Å². The van der Waals surface area contributed by atoms with Gasteiger partial charge in [-0.1, -0.05) is 47.9 Å². The summed E-state index contributed by atoms with van der Waals surface area (Å²) in [6.45, 7) is 0. The second kappa shape index (κ2) is 6.25. The van der Waals surface area contributed by atoms with E-state index in [0.717, 1.165) is 40.4 Å². The maximum Gasteiger partial charge on any atom is 0.197 e. The third-order valence-electron chi connectivity index (χ3n) is 5.04. The summed E-state index contributed by atoms with van der Waals surface area (Å²) in [6.07, 6.45) is 4.81. The van der Waals surface area contributed by atoms with Crippen molar-refractivity contribution in [3.8, 4) is 11.3 Å². The van der Waals surface area contributed by atoms with Gasteiger partial charge in [0, 0.05) is 11.6 Å². The summed E-state index contributed by atoms with van der Waals surface area (Å²) in [6, 6.07) is 13.2. The van der Waals surface area contributed by atoms with Crippen LogP contribution >= 0.6 is 22.9 Å². The summed E-state index contributed by atoms with van der Waals surface area (Å²) < 4.78 is 16.9. The highest BCUT2D eigenvalue weighted by Gasteiger charge is 2.23. The van der Waals surface area contributed by atoms with Crippen LogP contribution in [0.15, 0.2) is 42.5 Å². The van der Waals surface area contributed by atoms with E-state index in [-0.39, 0.29) is 5.82 Å². The van der Waals surface area contributed by atoms with Gasteiger partial charge in [-0.2, -0.15) is 0 Å². The lowest BCUT2D eigenvalue weighted by Gasteiger charge is -2.15. The monoisotopic (exact) mass is 385 g/mol. The number of benzene rings is 2. The highest BCUT2D eigenvalue weighted by atomic mass is 35.5. The average Bonchev–Trinajstić information content (AvgIpc) is 3.32. The lowest BCUT2D eigenvalue weighted by Crippen LogP contribution is -2.16. The Hall–Kier alpha value is -2.11. The standard InChI is InChI=1S/C20H17ClFN3S/c21-15-11-12(22)9-10-14(15)18-19(23-13-5-1-2-6-13)25-16-7-3-4-8-17(16)26-20(25)24-18/h3-4,7-11,13,23H,1-2,5-6H2. The molecule has 2 heterocycles. The van der Waals surface area contributed by atoms with E-state index < -0.39 is 0 Å². The second-order valence-electron chi connectivity index (χ2n) is 6.75. The van der Waals surface area contributed by atoms with Crippen molar-refractivity contribution in [2.75, 3.05) is 5.32 Å². The quantitative estimate of drug-likeness (QED) is 0.444. The molecule has 0 unspecified atom stereocenters. The van der Waals surface area contributed by atoms with E-state index in [1.165, 1.54) is 29.7 Å². The summed E-state index contributed by atoms with van der Waals surface area (Å²) in [5.41, 5.74) is 2.68. The van der Waals surface area contributed by atoms with Crippen LogP contribution in [0.5, 0.6) is 0 Å². The van der Waals surface area contributed by atoms with Gasteiger partial charge in [0.1, 0.15) is 17.3 Å². The Morgan fingerprint density at radius 1 is 1.15 bits per heavy atom. The lowest BCUT2D eigenvalue weighted by atomic mass is 10.1. The van der Waals surface area contributed by atoms with Gasteiger partial charge in [0.25, 0.3) is 0 Å². The summed E-state index contributed by atoms with van der Waals surface area (Å²) in [7, 11) is 0. The van der Waals surface area contributed by atoms with Crippen molar-refractivity contribution < 1.29 is 4.39 Å². The van der Waals surface area contributed by atoms with Crippen LogP contribution in [0, 0.1) is 5.82 Å². The summed E-state index contributed by atoms with van der Waals surface area (Å²) in [5.74, 6) is 0.619. The fourth-order valence-electron chi connectivity index (χ4n) is 3.78. The smallest absolute Gasteiger partial charge is 0.197 e. The van der Waals surface area contributed by atoms with E-state index in [2.05, 4.69) is 21.9 Å². The summed E-state index contributed by atoms with van der Waals surface area (Å²) in [5, 5.41) is 4.09. The van der Waals surface area contributed by atoms with E-state index in [1.807, 2.05) is 12.1 Å². The first-order valence-corrected chi connectivity index (χ1v) is 10.0. The number of thiazole rings is 1. The molecule has 1 fully saturated rings. The first kappa shape index (κ1) is 16.1. The molecule has 4 aromatic rings. The molecule has 0 aliphatic heterocycles. The molecule has 5 rings (SSSR count). The molecule has 132 valence electrons. The molecule has 0 bridgehead atoms. The van der Waals surface area contributed by atoms with Crippen molar-refractivity contribution in [2.45, 2.75) is 31.7 Å². The van der Waals surface area contributed by atoms with Crippen LogP contribution in [0.1, 0.15) is 25.7 Å². The van der Waals surface area contributed by atoms with Crippen LogP contribution < -0.4 is 5.32 Å². The minimum absolute atomic E-state index is 0.337.